The van der Waals surface area contributed by atoms with Crippen LogP contribution in [0.25, 0.3) is 11.3 Å². The predicted octanol–water partition coefficient (Wildman–Crippen LogP) is 2.67. The number of amides is 1. The number of nitrogens with zero attached hydrogens (tertiary/aromatic N) is 2. The monoisotopic (exact) mass is 326 g/mol. The van der Waals surface area contributed by atoms with Crippen molar-refractivity contribution in [2.75, 3.05) is 13.1 Å². The van der Waals surface area contributed by atoms with Gasteiger partial charge in [0.15, 0.2) is 0 Å². The van der Waals surface area contributed by atoms with E-state index in [2.05, 4.69) is 5.16 Å². The van der Waals surface area contributed by atoms with E-state index in [0.717, 1.165) is 24.8 Å². The second kappa shape index (κ2) is 5.47. The summed E-state index contributed by atoms with van der Waals surface area (Å²) in [6.45, 7) is 1.15. The molecular formula is C18H18N2O4. The van der Waals surface area contributed by atoms with Gasteiger partial charge >= 0.3 is 5.97 Å². The fourth-order valence-corrected chi connectivity index (χ4v) is 3.68. The molecule has 24 heavy (non-hydrogen) atoms. The molecule has 1 spiro atoms. The zero-order chi connectivity index (χ0) is 16.7. The number of piperidine rings is 1. The second-order valence-corrected chi connectivity index (χ2v) is 6.69. The van der Waals surface area contributed by atoms with Gasteiger partial charge in [-0.05, 0) is 24.7 Å². The van der Waals surface area contributed by atoms with Crippen LogP contribution < -0.4 is 0 Å². The molecule has 1 saturated carbocycles. The standard InChI is InChI=1S/C18H18N2O4/c21-16(15-10-14(19-24-15)12-4-2-1-3-5-12)20-8-6-18(7-9-20)11-13(18)17(22)23/h1-5,10,13H,6-9,11H2,(H,22,23). The Balaban J connectivity index is 1.43. The van der Waals surface area contributed by atoms with Crippen LogP contribution in [0.2, 0.25) is 0 Å². The number of hydrogen-bond donors (Lipinski definition) is 1. The maximum absolute atomic E-state index is 12.6. The lowest BCUT2D eigenvalue weighted by molar-refractivity contribution is -0.139. The lowest BCUT2D eigenvalue weighted by Gasteiger charge is -2.31. The van der Waals surface area contributed by atoms with Crippen LogP contribution in [0.5, 0.6) is 0 Å². The van der Waals surface area contributed by atoms with E-state index in [1.54, 1.807) is 11.0 Å². The number of carbonyl (C=O) groups excluding carboxylic acids is 1. The van der Waals surface area contributed by atoms with Crippen LogP contribution in [0.1, 0.15) is 29.8 Å². The Bertz CT molecular complexity index is 775. The molecule has 1 atom stereocenters. The Morgan fingerprint density at radius 1 is 1.21 bits per heavy atom. The Kier molecular flexibility index (Phi) is 3.40. The number of carboxylic acids is 1. The van der Waals surface area contributed by atoms with Crippen molar-refractivity contribution < 1.29 is 19.2 Å². The Morgan fingerprint density at radius 2 is 1.92 bits per heavy atom. The van der Waals surface area contributed by atoms with Gasteiger partial charge in [-0.25, -0.2) is 0 Å². The molecule has 1 amide bonds. The summed E-state index contributed by atoms with van der Waals surface area (Å²) in [5.41, 5.74) is 1.46. The van der Waals surface area contributed by atoms with E-state index in [9.17, 15) is 9.59 Å². The molecule has 2 fully saturated rings. The first kappa shape index (κ1) is 14.9. The third kappa shape index (κ3) is 2.48. The molecule has 6 nitrogen and oxygen atoms in total. The highest BCUT2D eigenvalue weighted by molar-refractivity contribution is 5.92. The van der Waals surface area contributed by atoms with Gasteiger partial charge in [0.2, 0.25) is 5.76 Å². The molecule has 1 unspecified atom stereocenters. The molecule has 1 aromatic heterocycles. The van der Waals surface area contributed by atoms with Gasteiger partial charge in [-0.3, -0.25) is 9.59 Å². The Morgan fingerprint density at radius 3 is 2.54 bits per heavy atom. The summed E-state index contributed by atoms with van der Waals surface area (Å²) in [4.78, 5) is 25.4. The van der Waals surface area contributed by atoms with Gasteiger partial charge in [-0.15, -0.1) is 0 Å². The van der Waals surface area contributed by atoms with Gasteiger partial charge in [0.1, 0.15) is 5.69 Å². The number of hydrogen-bond acceptors (Lipinski definition) is 4. The summed E-state index contributed by atoms with van der Waals surface area (Å²) in [6, 6.07) is 11.2. The van der Waals surface area contributed by atoms with Crippen molar-refractivity contribution >= 4 is 11.9 Å². The number of benzene rings is 1. The van der Waals surface area contributed by atoms with Gasteiger partial charge in [0.25, 0.3) is 5.91 Å². The van der Waals surface area contributed by atoms with E-state index >= 15 is 0 Å². The van der Waals surface area contributed by atoms with Gasteiger partial charge in [-0.2, -0.15) is 0 Å². The van der Waals surface area contributed by atoms with Crippen molar-refractivity contribution in [1.29, 1.82) is 0 Å². The minimum Gasteiger partial charge on any atom is -0.481 e. The van der Waals surface area contributed by atoms with Gasteiger partial charge in [0, 0.05) is 24.7 Å². The lowest BCUT2D eigenvalue weighted by Crippen LogP contribution is -2.39. The molecule has 0 radical (unpaired) electrons. The van der Waals surface area contributed by atoms with Gasteiger partial charge < -0.3 is 14.5 Å². The number of rotatable bonds is 3. The predicted molar refractivity (Wildman–Crippen MR) is 85.3 cm³/mol. The molecule has 1 N–H and O–H groups in total. The first-order chi connectivity index (χ1) is 11.6. The van der Waals surface area contributed by atoms with Crippen molar-refractivity contribution in [3.8, 4) is 11.3 Å². The van der Waals surface area contributed by atoms with E-state index in [1.165, 1.54) is 0 Å². The summed E-state index contributed by atoms with van der Waals surface area (Å²) in [5.74, 6) is -0.885. The van der Waals surface area contributed by atoms with E-state index in [-0.39, 0.29) is 23.0 Å². The Labute approximate surface area is 139 Å². The molecule has 0 bridgehead atoms. The van der Waals surface area contributed by atoms with Crippen LogP contribution in [-0.2, 0) is 4.79 Å². The van der Waals surface area contributed by atoms with Gasteiger partial charge in [0.05, 0.1) is 5.92 Å². The van der Waals surface area contributed by atoms with Crippen LogP contribution in [-0.4, -0.2) is 40.1 Å². The summed E-state index contributed by atoms with van der Waals surface area (Å²) >= 11 is 0. The molecule has 1 aliphatic heterocycles. The fraction of sp³-hybridized carbons (Fsp3) is 0.389. The molecule has 2 heterocycles. The van der Waals surface area contributed by atoms with Crippen molar-refractivity contribution in [3.63, 3.8) is 0 Å². The van der Waals surface area contributed by atoms with Crippen LogP contribution in [0.3, 0.4) is 0 Å². The molecule has 124 valence electrons. The van der Waals surface area contributed by atoms with Crippen molar-refractivity contribution in [2.45, 2.75) is 19.3 Å². The number of likely N-dealkylation sites (tertiary alicyclic amines) is 1. The smallest absolute Gasteiger partial charge is 0.307 e. The second-order valence-electron chi connectivity index (χ2n) is 6.69. The molecule has 6 heteroatoms. The third-order valence-corrected chi connectivity index (χ3v) is 5.32. The average molecular weight is 326 g/mol. The zero-order valence-corrected chi connectivity index (χ0v) is 13.1. The summed E-state index contributed by atoms with van der Waals surface area (Å²) in [5, 5.41) is 13.1. The average Bonchev–Trinajstić information content (AvgIpc) is 3.09. The largest absolute Gasteiger partial charge is 0.481 e. The minimum atomic E-state index is -0.711. The number of carboxylic acid groups (broad SMARTS) is 1. The zero-order valence-electron chi connectivity index (χ0n) is 13.1. The molecule has 1 saturated heterocycles. The number of aromatic nitrogens is 1. The van der Waals surface area contributed by atoms with E-state index in [0.29, 0.717) is 18.8 Å². The van der Waals surface area contributed by atoms with Crippen molar-refractivity contribution in [1.82, 2.24) is 10.1 Å². The molecular weight excluding hydrogens is 308 g/mol. The maximum Gasteiger partial charge on any atom is 0.307 e. The maximum atomic E-state index is 12.6. The number of aliphatic carboxylic acids is 1. The van der Waals surface area contributed by atoms with E-state index in [4.69, 9.17) is 9.63 Å². The van der Waals surface area contributed by atoms with Crippen molar-refractivity contribution in [2.24, 2.45) is 11.3 Å². The van der Waals surface area contributed by atoms with Crippen LogP contribution in [0, 0.1) is 11.3 Å². The normalized spacial score (nSPS) is 21.7. The lowest BCUT2D eigenvalue weighted by atomic mass is 9.90. The number of carbonyl (C=O) groups is 2. The molecule has 2 aromatic rings. The fourth-order valence-electron chi connectivity index (χ4n) is 3.68. The first-order valence-corrected chi connectivity index (χ1v) is 8.13. The topological polar surface area (TPSA) is 83.6 Å². The molecule has 1 aliphatic carbocycles. The summed E-state index contributed by atoms with van der Waals surface area (Å²) < 4.78 is 5.23. The highest BCUT2D eigenvalue weighted by Crippen LogP contribution is 2.59. The van der Waals surface area contributed by atoms with E-state index < -0.39 is 5.97 Å². The Hall–Kier alpha value is -2.63. The molecule has 1 aromatic carbocycles. The highest BCUT2D eigenvalue weighted by Gasteiger charge is 2.59. The molecule has 2 aliphatic rings. The minimum absolute atomic E-state index is 0.0841. The summed E-state index contributed by atoms with van der Waals surface area (Å²) in [7, 11) is 0. The quantitative estimate of drug-likeness (QED) is 0.937. The van der Waals surface area contributed by atoms with Gasteiger partial charge in [-0.1, -0.05) is 35.5 Å². The summed E-state index contributed by atoms with van der Waals surface area (Å²) in [6.07, 6.45) is 2.23. The molecule has 4 rings (SSSR count). The van der Waals surface area contributed by atoms with Crippen LogP contribution in [0.15, 0.2) is 40.9 Å². The first-order valence-electron chi connectivity index (χ1n) is 8.13. The van der Waals surface area contributed by atoms with Crippen molar-refractivity contribution in [3.05, 3.63) is 42.2 Å². The SMILES string of the molecule is O=C(O)C1CC12CCN(C(=O)c1cc(-c3ccccc3)no1)CC2. The highest BCUT2D eigenvalue weighted by atomic mass is 16.5. The van der Waals surface area contributed by atoms with E-state index in [1.807, 2.05) is 30.3 Å². The van der Waals surface area contributed by atoms with Crippen LogP contribution in [0.4, 0.5) is 0 Å². The van der Waals surface area contributed by atoms with Crippen LogP contribution >= 0.6 is 0 Å². The third-order valence-electron chi connectivity index (χ3n) is 5.32.